The molecule has 3 heterocycles. The molecular weight excluding hydrogens is 258 g/mol. The Balaban J connectivity index is 1.99. The lowest BCUT2D eigenvalue weighted by atomic mass is 9.96. The van der Waals surface area contributed by atoms with Crippen LogP contribution in [0, 0.1) is 5.92 Å². The van der Waals surface area contributed by atoms with E-state index in [9.17, 15) is 0 Å². The van der Waals surface area contributed by atoms with Crippen molar-refractivity contribution in [2.24, 2.45) is 5.92 Å². The molecule has 0 spiro atoms. The van der Waals surface area contributed by atoms with Gasteiger partial charge in [0.15, 0.2) is 11.5 Å². The quantitative estimate of drug-likeness (QED) is 0.770. The normalized spacial score (nSPS) is 27.3. The molecule has 0 aliphatic carbocycles. The van der Waals surface area contributed by atoms with Gasteiger partial charge in [0.1, 0.15) is 18.1 Å². The first kappa shape index (κ1) is 11.6. The number of fused-ring (bicyclic) bond motifs is 1. The summed E-state index contributed by atoms with van der Waals surface area (Å²) in [6.45, 7) is -0.0440. The van der Waals surface area contributed by atoms with E-state index in [0.29, 0.717) is 22.9 Å². The minimum atomic E-state index is -0.265. The number of nitrogens with zero attached hydrogens (tertiary/aromatic N) is 4. The Morgan fingerprint density at radius 3 is 3.00 bits per heavy atom. The third-order valence-corrected chi connectivity index (χ3v) is 3.53. The van der Waals surface area contributed by atoms with E-state index in [1.54, 1.807) is 10.9 Å². The van der Waals surface area contributed by atoms with Crippen molar-refractivity contribution in [2.75, 3.05) is 18.2 Å². The Labute approximate surface area is 108 Å². The molecule has 8 heteroatoms. The Morgan fingerprint density at radius 2 is 2.28 bits per heavy atom. The molecule has 1 saturated heterocycles. The van der Waals surface area contributed by atoms with E-state index >= 15 is 0 Å². The summed E-state index contributed by atoms with van der Waals surface area (Å²) in [5.74, 6) is 0.764. The lowest BCUT2D eigenvalue weighted by molar-refractivity contribution is -0.225. The monoisotopic (exact) mass is 269 g/mol. The Kier molecular flexibility index (Phi) is 2.81. The van der Waals surface area contributed by atoms with E-state index in [4.69, 9.17) is 27.2 Å². The average molecular weight is 270 g/mol. The third kappa shape index (κ3) is 1.55. The highest BCUT2D eigenvalue weighted by Crippen LogP contribution is 2.39. The third-order valence-electron chi connectivity index (χ3n) is 3.18. The predicted molar refractivity (Wildman–Crippen MR) is 64.9 cm³/mol. The van der Waals surface area contributed by atoms with Gasteiger partial charge in [-0.25, -0.2) is 15.0 Å². The SMILES string of the molecule is Nc1ncnc2c1ncn2C1OC(CO)C1CCl. The van der Waals surface area contributed by atoms with Crippen LogP contribution in [-0.4, -0.2) is 43.2 Å². The standard InChI is InChI=1S/C10H12ClN5O2/c11-1-5-6(2-17)18-10(5)16-4-15-7-8(12)13-3-14-9(7)16/h3-6,10,17H,1-2H2,(H2,12,13,14). The first-order chi connectivity index (χ1) is 8.76. The molecule has 0 bridgehead atoms. The molecule has 0 radical (unpaired) electrons. The van der Waals surface area contributed by atoms with Crippen LogP contribution >= 0.6 is 11.6 Å². The fraction of sp³-hybridized carbons (Fsp3) is 0.500. The molecule has 0 saturated carbocycles. The van der Waals surface area contributed by atoms with Gasteiger partial charge >= 0.3 is 0 Å². The summed E-state index contributed by atoms with van der Waals surface area (Å²) < 4.78 is 7.34. The van der Waals surface area contributed by atoms with Gasteiger partial charge in [-0.2, -0.15) is 0 Å². The number of aliphatic hydroxyl groups excluding tert-OH is 1. The maximum atomic E-state index is 9.11. The summed E-state index contributed by atoms with van der Waals surface area (Å²) >= 11 is 5.89. The van der Waals surface area contributed by atoms with Gasteiger partial charge < -0.3 is 15.6 Å². The zero-order valence-corrected chi connectivity index (χ0v) is 10.2. The van der Waals surface area contributed by atoms with Gasteiger partial charge in [0.05, 0.1) is 19.0 Å². The van der Waals surface area contributed by atoms with Crippen LogP contribution in [0.25, 0.3) is 11.2 Å². The van der Waals surface area contributed by atoms with Crippen LogP contribution in [0.5, 0.6) is 0 Å². The molecule has 0 amide bonds. The van der Waals surface area contributed by atoms with E-state index in [1.165, 1.54) is 6.33 Å². The van der Waals surface area contributed by atoms with Crippen molar-refractivity contribution in [1.29, 1.82) is 0 Å². The van der Waals surface area contributed by atoms with Crippen molar-refractivity contribution < 1.29 is 9.84 Å². The molecule has 0 aromatic carbocycles. The number of alkyl halides is 1. The van der Waals surface area contributed by atoms with E-state index in [0.717, 1.165) is 0 Å². The van der Waals surface area contributed by atoms with E-state index in [2.05, 4.69) is 15.0 Å². The number of ether oxygens (including phenoxy) is 1. The summed E-state index contributed by atoms with van der Waals surface area (Å²) in [5.41, 5.74) is 6.87. The minimum Gasteiger partial charge on any atom is -0.394 e. The van der Waals surface area contributed by atoms with Crippen molar-refractivity contribution in [3.8, 4) is 0 Å². The Bertz CT molecular complexity index is 574. The highest BCUT2D eigenvalue weighted by Gasteiger charge is 2.43. The summed E-state index contributed by atoms with van der Waals surface area (Å²) in [6, 6.07) is 0. The van der Waals surface area contributed by atoms with Crippen LogP contribution in [-0.2, 0) is 4.74 Å². The van der Waals surface area contributed by atoms with E-state index in [-0.39, 0.29) is 24.9 Å². The van der Waals surface area contributed by atoms with Gasteiger partial charge in [-0.05, 0) is 0 Å². The first-order valence-corrected chi connectivity index (χ1v) is 6.05. The van der Waals surface area contributed by atoms with Crippen molar-refractivity contribution in [1.82, 2.24) is 19.5 Å². The molecule has 3 atom stereocenters. The van der Waals surface area contributed by atoms with Crippen molar-refractivity contribution in [3.63, 3.8) is 0 Å². The molecule has 2 aromatic heterocycles. The van der Waals surface area contributed by atoms with Crippen molar-refractivity contribution >= 4 is 28.6 Å². The molecule has 96 valence electrons. The van der Waals surface area contributed by atoms with E-state index in [1.807, 2.05) is 0 Å². The molecule has 7 nitrogen and oxygen atoms in total. The van der Waals surface area contributed by atoms with Gasteiger partial charge in [0.2, 0.25) is 0 Å². The summed E-state index contributed by atoms with van der Waals surface area (Å²) in [5, 5.41) is 9.11. The second kappa shape index (κ2) is 4.34. The minimum absolute atomic E-state index is 0.0326. The number of imidazole rings is 1. The van der Waals surface area contributed by atoms with Gasteiger partial charge in [0, 0.05) is 11.8 Å². The van der Waals surface area contributed by atoms with Gasteiger partial charge in [-0.1, -0.05) is 0 Å². The lowest BCUT2D eigenvalue weighted by Gasteiger charge is -2.43. The fourth-order valence-corrected chi connectivity index (χ4v) is 2.51. The molecule has 1 aliphatic heterocycles. The van der Waals surface area contributed by atoms with Crippen LogP contribution in [0.1, 0.15) is 6.23 Å². The van der Waals surface area contributed by atoms with Crippen LogP contribution in [0.15, 0.2) is 12.7 Å². The van der Waals surface area contributed by atoms with Gasteiger partial charge in [-0.3, -0.25) is 4.57 Å². The number of anilines is 1. The summed E-state index contributed by atoms with van der Waals surface area (Å²) in [7, 11) is 0. The first-order valence-electron chi connectivity index (χ1n) is 5.51. The fourth-order valence-electron chi connectivity index (χ4n) is 2.16. The zero-order chi connectivity index (χ0) is 12.7. The number of aromatic nitrogens is 4. The van der Waals surface area contributed by atoms with Gasteiger partial charge in [-0.15, -0.1) is 11.6 Å². The van der Waals surface area contributed by atoms with Crippen LogP contribution in [0.3, 0.4) is 0 Å². The molecule has 2 aromatic rings. The summed E-state index contributed by atoms with van der Waals surface area (Å²) in [4.78, 5) is 12.2. The Morgan fingerprint density at radius 1 is 1.44 bits per heavy atom. The average Bonchev–Trinajstić information content (AvgIpc) is 2.75. The second-order valence-electron chi connectivity index (χ2n) is 4.15. The number of hydrogen-bond acceptors (Lipinski definition) is 6. The lowest BCUT2D eigenvalue weighted by Crippen LogP contribution is -2.48. The number of rotatable bonds is 3. The molecule has 3 rings (SSSR count). The molecular formula is C10H12ClN5O2. The largest absolute Gasteiger partial charge is 0.394 e. The number of hydrogen-bond donors (Lipinski definition) is 2. The topological polar surface area (TPSA) is 99.1 Å². The predicted octanol–water partition coefficient (Wildman–Crippen LogP) is 0.153. The number of aliphatic hydroxyl groups is 1. The van der Waals surface area contributed by atoms with Crippen LogP contribution < -0.4 is 5.73 Å². The molecule has 1 aliphatic rings. The number of halogens is 1. The molecule has 18 heavy (non-hydrogen) atoms. The summed E-state index contributed by atoms with van der Waals surface area (Å²) in [6.07, 6.45) is 2.49. The van der Waals surface area contributed by atoms with Gasteiger partial charge in [0.25, 0.3) is 0 Å². The van der Waals surface area contributed by atoms with E-state index < -0.39 is 0 Å². The zero-order valence-electron chi connectivity index (χ0n) is 9.40. The molecule has 3 unspecified atom stereocenters. The maximum absolute atomic E-state index is 9.11. The maximum Gasteiger partial charge on any atom is 0.167 e. The van der Waals surface area contributed by atoms with Crippen LogP contribution in [0.4, 0.5) is 5.82 Å². The van der Waals surface area contributed by atoms with Crippen molar-refractivity contribution in [2.45, 2.75) is 12.3 Å². The highest BCUT2D eigenvalue weighted by molar-refractivity contribution is 6.18. The smallest absolute Gasteiger partial charge is 0.167 e. The second-order valence-corrected chi connectivity index (χ2v) is 4.46. The number of nitrogens with two attached hydrogens (primary N) is 1. The number of nitrogen functional groups attached to an aromatic ring is 1. The van der Waals surface area contributed by atoms with Crippen LogP contribution in [0.2, 0.25) is 0 Å². The molecule has 1 fully saturated rings. The highest BCUT2D eigenvalue weighted by atomic mass is 35.5. The van der Waals surface area contributed by atoms with Crippen molar-refractivity contribution in [3.05, 3.63) is 12.7 Å². The Hall–Kier alpha value is -1.44. The molecule has 3 N–H and O–H groups in total.